The van der Waals surface area contributed by atoms with Gasteiger partial charge in [0, 0.05) is 0 Å². The van der Waals surface area contributed by atoms with Crippen molar-refractivity contribution < 1.29 is 29.1 Å². The topological polar surface area (TPSA) is 101 Å². The Morgan fingerprint density at radius 1 is 1.11 bits per heavy atom. The number of amides is 2. The monoisotopic (exact) mass is 249 g/mol. The molecule has 1 heterocycles. The van der Waals surface area contributed by atoms with Crippen LogP contribution >= 0.6 is 0 Å². The van der Waals surface area contributed by atoms with Gasteiger partial charge in [0.1, 0.15) is 6.42 Å². The van der Waals surface area contributed by atoms with Crippen molar-refractivity contribution in [2.45, 2.75) is 6.42 Å². The first-order valence-electron chi connectivity index (χ1n) is 4.91. The average Bonchev–Trinajstić information content (AvgIpc) is 2.54. The molecule has 0 radical (unpaired) electrons. The molecule has 7 nitrogen and oxygen atoms in total. The number of carbonyl (C=O) groups is 4. The van der Waals surface area contributed by atoms with Gasteiger partial charge in [-0.1, -0.05) is 17.2 Å². The Balaban J connectivity index is 2.19. The van der Waals surface area contributed by atoms with Crippen LogP contribution in [0, 0.1) is 0 Å². The first-order valence-corrected chi connectivity index (χ1v) is 4.91. The van der Waals surface area contributed by atoms with E-state index in [0.29, 0.717) is 0 Å². The average molecular weight is 249 g/mol. The summed E-state index contributed by atoms with van der Waals surface area (Å²) in [5.41, 5.74) is 0.233. The molecule has 0 unspecified atom stereocenters. The number of carboxylic acid groups (broad SMARTS) is 1. The molecule has 7 heteroatoms. The zero-order valence-electron chi connectivity index (χ0n) is 8.95. The molecule has 0 aromatic heterocycles. The van der Waals surface area contributed by atoms with Crippen LogP contribution in [0.15, 0.2) is 24.3 Å². The summed E-state index contributed by atoms with van der Waals surface area (Å²) in [5, 5.41) is 8.65. The number of carboxylic acids is 1. The summed E-state index contributed by atoms with van der Waals surface area (Å²) in [7, 11) is 0. The van der Waals surface area contributed by atoms with Gasteiger partial charge in [-0.05, 0) is 12.1 Å². The quantitative estimate of drug-likeness (QED) is 0.607. The zero-order valence-corrected chi connectivity index (χ0v) is 8.95. The second-order valence-electron chi connectivity index (χ2n) is 3.48. The van der Waals surface area contributed by atoms with Crippen LogP contribution in [0.25, 0.3) is 0 Å². The van der Waals surface area contributed by atoms with Crippen molar-refractivity contribution in [1.82, 2.24) is 5.06 Å². The number of benzene rings is 1. The van der Waals surface area contributed by atoms with Crippen molar-refractivity contribution in [1.29, 1.82) is 0 Å². The van der Waals surface area contributed by atoms with Crippen LogP contribution in [-0.2, 0) is 14.4 Å². The Kier molecular flexibility index (Phi) is 2.80. The zero-order chi connectivity index (χ0) is 13.3. The van der Waals surface area contributed by atoms with Crippen molar-refractivity contribution in [2.24, 2.45) is 0 Å². The number of hydroxylamine groups is 2. The summed E-state index contributed by atoms with van der Waals surface area (Å²) in [6.07, 6.45) is -0.923. The van der Waals surface area contributed by atoms with Crippen LogP contribution in [0.3, 0.4) is 0 Å². The molecule has 2 amide bonds. The van der Waals surface area contributed by atoms with Gasteiger partial charge >= 0.3 is 11.9 Å². The number of aliphatic carboxylic acids is 1. The summed E-state index contributed by atoms with van der Waals surface area (Å²) in [5.74, 6) is -4.16. The summed E-state index contributed by atoms with van der Waals surface area (Å²) in [6.45, 7) is 0. The molecule has 0 fully saturated rings. The van der Waals surface area contributed by atoms with Gasteiger partial charge in [-0.3, -0.25) is 14.4 Å². The second kappa shape index (κ2) is 4.28. The summed E-state index contributed by atoms with van der Waals surface area (Å²) in [4.78, 5) is 49.2. The van der Waals surface area contributed by atoms with E-state index in [2.05, 4.69) is 4.84 Å². The number of hydrogen-bond acceptors (Lipinski definition) is 5. The van der Waals surface area contributed by atoms with Crippen LogP contribution in [0.1, 0.15) is 27.1 Å². The molecule has 0 saturated heterocycles. The maximum Gasteiger partial charge on any atom is 0.344 e. The van der Waals surface area contributed by atoms with E-state index in [1.54, 1.807) is 12.1 Å². The van der Waals surface area contributed by atoms with Gasteiger partial charge in [-0.2, -0.15) is 0 Å². The summed E-state index contributed by atoms with van der Waals surface area (Å²) >= 11 is 0. The fourth-order valence-corrected chi connectivity index (χ4v) is 1.51. The lowest BCUT2D eigenvalue weighted by Crippen LogP contribution is -2.33. The molecule has 1 aliphatic rings. The molecule has 1 aromatic rings. The highest BCUT2D eigenvalue weighted by Gasteiger charge is 2.38. The maximum absolute atomic E-state index is 11.7. The number of imide groups is 1. The van der Waals surface area contributed by atoms with Crippen molar-refractivity contribution in [3.05, 3.63) is 35.4 Å². The molecule has 1 aromatic carbocycles. The second-order valence-corrected chi connectivity index (χ2v) is 3.48. The fraction of sp³-hybridized carbons (Fsp3) is 0.0909. The van der Waals surface area contributed by atoms with Gasteiger partial charge in [0.2, 0.25) is 0 Å². The van der Waals surface area contributed by atoms with Gasteiger partial charge < -0.3 is 9.94 Å². The largest absolute Gasteiger partial charge is 0.481 e. The summed E-state index contributed by atoms with van der Waals surface area (Å²) < 4.78 is 0. The molecule has 1 aliphatic heterocycles. The summed E-state index contributed by atoms with van der Waals surface area (Å²) in [6, 6.07) is 5.96. The van der Waals surface area contributed by atoms with Gasteiger partial charge in [0.05, 0.1) is 11.1 Å². The third-order valence-electron chi connectivity index (χ3n) is 2.25. The standard InChI is InChI=1S/C11H7NO6/c13-8(14)5-9(15)18-12-10(16)6-3-1-2-4-7(6)11(12)17/h1-4H,5H2,(H,13,14). The minimum atomic E-state index is -1.41. The third kappa shape index (κ3) is 1.93. The number of rotatable bonds is 3. The molecule has 92 valence electrons. The lowest BCUT2D eigenvalue weighted by atomic mass is 10.1. The van der Waals surface area contributed by atoms with E-state index in [1.807, 2.05) is 0 Å². The molecule has 0 spiro atoms. The third-order valence-corrected chi connectivity index (χ3v) is 2.25. The van der Waals surface area contributed by atoms with E-state index in [1.165, 1.54) is 12.1 Å². The van der Waals surface area contributed by atoms with Crippen LogP contribution in [0.2, 0.25) is 0 Å². The van der Waals surface area contributed by atoms with Crippen LogP contribution in [-0.4, -0.2) is 33.9 Å². The highest BCUT2D eigenvalue weighted by molar-refractivity contribution is 6.21. The molecular formula is C11H7NO6. The molecule has 0 atom stereocenters. The number of hydrogen-bond donors (Lipinski definition) is 1. The molecule has 0 bridgehead atoms. The van der Waals surface area contributed by atoms with Crippen molar-refractivity contribution in [3.8, 4) is 0 Å². The van der Waals surface area contributed by atoms with Crippen molar-refractivity contribution >= 4 is 23.8 Å². The Bertz CT molecular complexity index is 529. The highest BCUT2D eigenvalue weighted by atomic mass is 16.7. The molecule has 0 saturated carbocycles. The van der Waals surface area contributed by atoms with Gasteiger partial charge in [-0.25, -0.2) is 4.79 Å². The van der Waals surface area contributed by atoms with Crippen LogP contribution < -0.4 is 0 Å². The number of fused-ring (bicyclic) bond motifs is 1. The van der Waals surface area contributed by atoms with E-state index in [4.69, 9.17) is 5.11 Å². The first kappa shape index (κ1) is 11.8. The number of carbonyl (C=O) groups excluding carboxylic acids is 3. The Hall–Kier alpha value is -2.70. The normalized spacial score (nSPS) is 13.4. The first-order chi connectivity index (χ1) is 8.50. The minimum absolute atomic E-state index is 0.116. The van der Waals surface area contributed by atoms with E-state index in [0.717, 1.165) is 0 Å². The lowest BCUT2D eigenvalue weighted by Gasteiger charge is -2.11. The van der Waals surface area contributed by atoms with Crippen molar-refractivity contribution in [3.63, 3.8) is 0 Å². The molecule has 0 aliphatic carbocycles. The Labute approximate surface area is 101 Å². The minimum Gasteiger partial charge on any atom is -0.481 e. The molecular weight excluding hydrogens is 242 g/mol. The SMILES string of the molecule is O=C(O)CC(=O)ON1C(=O)c2ccccc2C1=O. The van der Waals surface area contributed by atoms with Gasteiger partial charge in [0.25, 0.3) is 11.8 Å². The number of nitrogens with zero attached hydrogens (tertiary/aromatic N) is 1. The van der Waals surface area contributed by atoms with Crippen LogP contribution in [0.5, 0.6) is 0 Å². The molecule has 1 N–H and O–H groups in total. The van der Waals surface area contributed by atoms with E-state index < -0.39 is 30.2 Å². The fourth-order valence-electron chi connectivity index (χ4n) is 1.51. The molecule has 18 heavy (non-hydrogen) atoms. The molecule has 2 rings (SSSR count). The van der Waals surface area contributed by atoms with Crippen LogP contribution in [0.4, 0.5) is 0 Å². The van der Waals surface area contributed by atoms with Gasteiger partial charge in [0.15, 0.2) is 0 Å². The predicted octanol–water partition coefficient (Wildman–Crippen LogP) is 0.216. The maximum atomic E-state index is 11.7. The van der Waals surface area contributed by atoms with E-state index in [9.17, 15) is 19.2 Å². The predicted molar refractivity (Wildman–Crippen MR) is 55.3 cm³/mol. The Morgan fingerprint density at radius 3 is 2.06 bits per heavy atom. The smallest absolute Gasteiger partial charge is 0.344 e. The van der Waals surface area contributed by atoms with Gasteiger partial charge in [-0.15, -0.1) is 0 Å². The highest BCUT2D eigenvalue weighted by Crippen LogP contribution is 2.22. The Morgan fingerprint density at radius 2 is 1.61 bits per heavy atom. The van der Waals surface area contributed by atoms with E-state index in [-0.39, 0.29) is 16.2 Å². The lowest BCUT2D eigenvalue weighted by molar-refractivity contribution is -0.171. The van der Waals surface area contributed by atoms with E-state index >= 15 is 0 Å². The van der Waals surface area contributed by atoms with Crippen molar-refractivity contribution in [2.75, 3.05) is 0 Å².